The van der Waals surface area contributed by atoms with Gasteiger partial charge in [0, 0.05) is 13.0 Å². The third-order valence-corrected chi connectivity index (χ3v) is 5.12. The molecule has 2 rings (SSSR count). The number of hydrogen-bond acceptors (Lipinski definition) is 7. The van der Waals surface area contributed by atoms with Gasteiger partial charge in [0.05, 0.1) is 6.61 Å². The highest BCUT2D eigenvalue weighted by Crippen LogP contribution is 2.33. The van der Waals surface area contributed by atoms with Crippen molar-refractivity contribution >= 4 is 44.9 Å². The first kappa shape index (κ1) is 15.4. The molecule has 1 amide bonds. The van der Waals surface area contributed by atoms with Crippen LogP contribution in [0.4, 0.5) is 0 Å². The van der Waals surface area contributed by atoms with Crippen molar-refractivity contribution in [3.05, 3.63) is 0 Å². The normalized spacial score (nSPS) is 19.9. The van der Waals surface area contributed by atoms with Gasteiger partial charge in [-0.1, -0.05) is 18.7 Å². The Bertz CT molecular complexity index is 465. The molecule has 6 nitrogen and oxygen atoms in total. The van der Waals surface area contributed by atoms with E-state index < -0.39 is 0 Å². The second kappa shape index (κ2) is 7.12. The minimum Gasteiger partial charge on any atom is -0.465 e. The van der Waals surface area contributed by atoms with Crippen molar-refractivity contribution in [3.8, 4) is 0 Å². The van der Waals surface area contributed by atoms with Gasteiger partial charge in [0.1, 0.15) is 5.25 Å². The Kier molecular flexibility index (Phi) is 5.47. The zero-order chi connectivity index (χ0) is 14.5. The molecule has 20 heavy (non-hydrogen) atoms. The summed E-state index contributed by atoms with van der Waals surface area (Å²) >= 11 is 2.73. The number of amides is 1. The minimum atomic E-state index is -0.263. The maximum Gasteiger partial charge on any atom is 0.319 e. The van der Waals surface area contributed by atoms with Crippen molar-refractivity contribution in [2.75, 3.05) is 13.2 Å². The molecule has 0 radical (unpaired) electrons. The van der Waals surface area contributed by atoms with E-state index in [1.165, 1.54) is 23.5 Å². The van der Waals surface area contributed by atoms with Gasteiger partial charge in [-0.2, -0.15) is 10.1 Å². The number of aliphatic imine (C=N–C) groups is 1. The third-order valence-electron chi connectivity index (χ3n) is 2.75. The van der Waals surface area contributed by atoms with Gasteiger partial charge in [-0.3, -0.25) is 9.59 Å². The van der Waals surface area contributed by atoms with Crippen LogP contribution >= 0.6 is 23.5 Å². The van der Waals surface area contributed by atoms with E-state index in [-0.39, 0.29) is 17.1 Å². The van der Waals surface area contributed by atoms with E-state index in [0.717, 1.165) is 10.8 Å². The number of hydrogen-bond donors (Lipinski definition) is 0. The average molecular weight is 315 g/mol. The van der Waals surface area contributed by atoms with E-state index in [4.69, 9.17) is 4.74 Å². The van der Waals surface area contributed by atoms with Crippen LogP contribution in [0.5, 0.6) is 0 Å². The third kappa shape index (κ3) is 3.76. The van der Waals surface area contributed by atoms with Crippen molar-refractivity contribution in [1.29, 1.82) is 0 Å². The smallest absolute Gasteiger partial charge is 0.319 e. The maximum absolute atomic E-state index is 11.8. The lowest BCUT2D eigenvalue weighted by Crippen LogP contribution is -2.20. The molecule has 0 fully saturated rings. The number of carbonyl (C=O) groups excluding carboxylic acids is 2. The molecule has 0 aromatic carbocycles. The summed E-state index contributed by atoms with van der Waals surface area (Å²) in [5.74, 6) is -0.322. The van der Waals surface area contributed by atoms with E-state index >= 15 is 0 Å². The lowest BCUT2D eigenvalue weighted by Gasteiger charge is -2.11. The van der Waals surface area contributed by atoms with Crippen LogP contribution in [0, 0.1) is 0 Å². The fourth-order valence-electron chi connectivity index (χ4n) is 1.76. The zero-order valence-corrected chi connectivity index (χ0v) is 13.1. The number of ether oxygens (including phenoxy) is 1. The first-order chi connectivity index (χ1) is 9.63. The highest BCUT2D eigenvalue weighted by Gasteiger charge is 2.30. The van der Waals surface area contributed by atoms with Crippen LogP contribution in [0.15, 0.2) is 10.1 Å². The van der Waals surface area contributed by atoms with Crippen molar-refractivity contribution in [1.82, 2.24) is 5.01 Å². The summed E-state index contributed by atoms with van der Waals surface area (Å²) in [6, 6.07) is 0. The van der Waals surface area contributed by atoms with E-state index in [9.17, 15) is 9.59 Å². The molecule has 0 spiro atoms. The monoisotopic (exact) mass is 315 g/mol. The summed E-state index contributed by atoms with van der Waals surface area (Å²) in [6.45, 7) is 4.80. The van der Waals surface area contributed by atoms with Crippen LogP contribution in [0.2, 0.25) is 0 Å². The molecular formula is C12H17N3O3S2. The number of esters is 1. The molecule has 8 heteroatoms. The Hall–Kier alpha value is -1.02. The number of fused-ring (bicyclic) bond motifs is 1. The van der Waals surface area contributed by atoms with Gasteiger partial charge in [0.25, 0.3) is 0 Å². The first-order valence-electron chi connectivity index (χ1n) is 6.62. The highest BCUT2D eigenvalue weighted by molar-refractivity contribution is 8.45. The van der Waals surface area contributed by atoms with Crippen LogP contribution in [0.1, 0.15) is 33.1 Å². The summed E-state index contributed by atoms with van der Waals surface area (Å²) in [7, 11) is 0. The lowest BCUT2D eigenvalue weighted by molar-refractivity contribution is -0.142. The molecule has 1 unspecified atom stereocenters. The second-order valence-electron chi connectivity index (χ2n) is 4.25. The molecule has 0 saturated carbocycles. The lowest BCUT2D eigenvalue weighted by atomic mass is 10.3. The quantitative estimate of drug-likeness (QED) is 0.740. The number of thioether (sulfide) groups is 2. The second-order valence-corrected chi connectivity index (χ2v) is 6.66. The first-order valence-corrected chi connectivity index (χ1v) is 8.32. The Labute approximate surface area is 126 Å². The molecule has 0 N–H and O–H groups in total. The van der Waals surface area contributed by atoms with Crippen LogP contribution in [0.3, 0.4) is 0 Å². The topological polar surface area (TPSA) is 71.3 Å². The molecule has 2 heterocycles. The van der Waals surface area contributed by atoms with Gasteiger partial charge >= 0.3 is 5.97 Å². The van der Waals surface area contributed by atoms with E-state index in [1.807, 2.05) is 6.92 Å². The standard InChI is InChI=1S/C12H17N3O3S2/c1-3-8(10(17)18-4-2)19-12-14-15-7-5-6-9(16)13-11(15)20-12/h8H,3-7H2,1-2H3. The van der Waals surface area contributed by atoms with E-state index in [1.54, 1.807) is 11.9 Å². The maximum atomic E-state index is 11.8. The highest BCUT2D eigenvalue weighted by atomic mass is 32.2. The Morgan fingerprint density at radius 3 is 3.05 bits per heavy atom. The number of carbonyl (C=O) groups is 2. The summed E-state index contributed by atoms with van der Waals surface area (Å²) < 4.78 is 5.79. The zero-order valence-electron chi connectivity index (χ0n) is 11.5. The molecule has 1 atom stereocenters. The number of rotatable bonds is 4. The van der Waals surface area contributed by atoms with Gasteiger partial charge in [0.2, 0.25) is 5.91 Å². The summed E-state index contributed by atoms with van der Waals surface area (Å²) in [5, 5.41) is 6.52. The molecule has 2 aliphatic rings. The summed E-state index contributed by atoms with van der Waals surface area (Å²) in [4.78, 5) is 27.2. The van der Waals surface area contributed by atoms with Crippen molar-refractivity contribution in [2.24, 2.45) is 10.1 Å². The van der Waals surface area contributed by atoms with Gasteiger partial charge < -0.3 is 4.74 Å². The molecular weight excluding hydrogens is 298 g/mol. The van der Waals surface area contributed by atoms with Gasteiger partial charge in [0.15, 0.2) is 9.54 Å². The van der Waals surface area contributed by atoms with Crippen molar-refractivity contribution < 1.29 is 14.3 Å². The molecule has 0 aromatic rings. The van der Waals surface area contributed by atoms with E-state index in [2.05, 4.69) is 10.1 Å². The summed E-state index contributed by atoms with van der Waals surface area (Å²) in [6.07, 6.45) is 1.90. The van der Waals surface area contributed by atoms with Crippen molar-refractivity contribution in [2.45, 2.75) is 38.4 Å². The van der Waals surface area contributed by atoms with E-state index in [0.29, 0.717) is 31.2 Å². The summed E-state index contributed by atoms with van der Waals surface area (Å²) in [5.41, 5.74) is 0. The molecule has 0 aromatic heterocycles. The van der Waals surface area contributed by atoms with Crippen molar-refractivity contribution in [3.63, 3.8) is 0 Å². The number of nitrogens with zero attached hydrogens (tertiary/aromatic N) is 3. The Balaban J connectivity index is 2.01. The SMILES string of the molecule is CCOC(=O)C(CC)SC1=NN2CCCC(=O)N=C2S1. The van der Waals surface area contributed by atoms with Crippen LogP contribution in [-0.4, -0.2) is 44.8 Å². The Morgan fingerprint density at radius 2 is 2.35 bits per heavy atom. The van der Waals surface area contributed by atoms with Gasteiger partial charge in [-0.15, -0.1) is 0 Å². The molecule has 2 aliphatic heterocycles. The molecule has 0 aliphatic carbocycles. The molecule has 0 bridgehead atoms. The minimum absolute atomic E-state index is 0.103. The fraction of sp³-hybridized carbons (Fsp3) is 0.667. The fourth-order valence-corrected chi connectivity index (χ4v) is 3.93. The van der Waals surface area contributed by atoms with Crippen LogP contribution < -0.4 is 0 Å². The predicted octanol–water partition coefficient (Wildman–Crippen LogP) is 2.06. The molecule has 0 saturated heterocycles. The average Bonchev–Trinajstić information content (AvgIpc) is 2.69. The van der Waals surface area contributed by atoms with Crippen LogP contribution in [0.25, 0.3) is 0 Å². The molecule has 110 valence electrons. The van der Waals surface area contributed by atoms with Crippen LogP contribution in [-0.2, 0) is 14.3 Å². The Morgan fingerprint density at radius 1 is 1.55 bits per heavy atom. The van der Waals surface area contributed by atoms with Gasteiger partial charge in [-0.25, -0.2) is 5.01 Å². The number of hydrazone groups is 1. The number of amidine groups is 1. The van der Waals surface area contributed by atoms with Gasteiger partial charge in [-0.05, 0) is 31.5 Å². The largest absolute Gasteiger partial charge is 0.465 e. The predicted molar refractivity (Wildman–Crippen MR) is 81.7 cm³/mol.